The number of hydrogen-bond acceptors (Lipinski definition) is 6. The summed E-state index contributed by atoms with van der Waals surface area (Å²) in [5.41, 5.74) is 7.95. The molecule has 0 spiro atoms. The summed E-state index contributed by atoms with van der Waals surface area (Å²) < 4.78 is 21.7. The van der Waals surface area contributed by atoms with Crippen LogP contribution in [0.25, 0.3) is 0 Å². The number of halogens is 1. The molecule has 8 nitrogen and oxygen atoms in total. The smallest absolute Gasteiger partial charge is 0.222 e. The van der Waals surface area contributed by atoms with Gasteiger partial charge in [-0.2, -0.15) is 0 Å². The van der Waals surface area contributed by atoms with Crippen LogP contribution in [0.4, 0.5) is 10.1 Å². The molecule has 34 heavy (non-hydrogen) atoms. The number of nitrogens with zero attached hydrogens (tertiary/aromatic N) is 2. The minimum atomic E-state index is -0.794. The molecule has 0 saturated heterocycles. The van der Waals surface area contributed by atoms with E-state index in [1.54, 1.807) is 36.4 Å². The van der Waals surface area contributed by atoms with Crippen LogP contribution in [-0.2, 0) is 11.2 Å². The molecule has 2 atom stereocenters. The first-order valence-corrected chi connectivity index (χ1v) is 11.1. The maximum Gasteiger partial charge on any atom is 0.222 e. The second kappa shape index (κ2) is 12.1. The third kappa shape index (κ3) is 7.02. The number of carbonyl (C=O) groups is 1. The molecule has 0 fully saturated rings. The van der Waals surface area contributed by atoms with E-state index >= 15 is 4.39 Å². The van der Waals surface area contributed by atoms with E-state index in [9.17, 15) is 4.79 Å². The number of carbonyl (C=O) groups excluding carboxylic acids is 1. The van der Waals surface area contributed by atoms with E-state index in [2.05, 4.69) is 15.6 Å². The van der Waals surface area contributed by atoms with Crippen LogP contribution in [0.2, 0.25) is 0 Å². The van der Waals surface area contributed by atoms with Gasteiger partial charge in [0.1, 0.15) is 24.3 Å². The molecular formula is C25H35FN6O2. The van der Waals surface area contributed by atoms with E-state index in [-0.39, 0.29) is 29.4 Å². The average Bonchev–Trinajstić information content (AvgIpc) is 2.80. The molecule has 9 heteroatoms. The number of aryl methyl sites for hydroxylation is 1. The van der Waals surface area contributed by atoms with Gasteiger partial charge in [-0.25, -0.2) is 4.39 Å². The third-order valence-electron chi connectivity index (χ3n) is 5.53. The summed E-state index contributed by atoms with van der Waals surface area (Å²) in [5.74, 6) is -0.467. The zero-order valence-electron chi connectivity index (χ0n) is 20.7. The van der Waals surface area contributed by atoms with Crippen LogP contribution in [-0.4, -0.2) is 56.3 Å². The van der Waals surface area contributed by atoms with Crippen molar-refractivity contribution in [2.45, 2.75) is 39.3 Å². The Morgan fingerprint density at radius 3 is 2.41 bits per heavy atom. The molecule has 0 bridgehead atoms. The molecule has 0 aliphatic carbocycles. The SMILES string of the molecule is CCc1cc(OCC(C)N(C)C)c(F)c(C(Nc2ccc(C(=N)N)cc2)C(=NC)NC(C)=O)c1. The Kier molecular flexibility index (Phi) is 9.56. The molecule has 2 aromatic rings. The number of nitrogens with one attached hydrogen (secondary N) is 3. The van der Waals surface area contributed by atoms with Gasteiger partial charge in [-0.05, 0) is 63.3 Å². The van der Waals surface area contributed by atoms with Gasteiger partial charge in [0.25, 0.3) is 0 Å². The van der Waals surface area contributed by atoms with E-state index in [1.165, 1.54) is 14.0 Å². The summed E-state index contributed by atoms with van der Waals surface area (Å²) in [7, 11) is 5.41. The van der Waals surface area contributed by atoms with Crippen LogP contribution in [0.5, 0.6) is 5.75 Å². The summed E-state index contributed by atoms with van der Waals surface area (Å²) in [4.78, 5) is 18.1. The highest BCUT2D eigenvalue weighted by Crippen LogP contribution is 2.31. The summed E-state index contributed by atoms with van der Waals surface area (Å²) in [6, 6.07) is 9.63. The van der Waals surface area contributed by atoms with Gasteiger partial charge in [0.05, 0.1) is 0 Å². The van der Waals surface area contributed by atoms with Crippen LogP contribution < -0.4 is 21.1 Å². The van der Waals surface area contributed by atoms with E-state index in [1.807, 2.05) is 32.8 Å². The van der Waals surface area contributed by atoms with E-state index in [4.69, 9.17) is 15.9 Å². The molecule has 184 valence electrons. The Labute approximate surface area is 200 Å². The Morgan fingerprint density at radius 2 is 1.91 bits per heavy atom. The molecule has 0 saturated carbocycles. The molecule has 0 aliphatic heterocycles. The number of amides is 1. The quantitative estimate of drug-likeness (QED) is 0.314. The molecule has 2 rings (SSSR count). The number of nitrogen functional groups attached to an aromatic ring is 1. The van der Waals surface area contributed by atoms with Crippen LogP contribution in [0.3, 0.4) is 0 Å². The molecule has 5 N–H and O–H groups in total. The van der Waals surface area contributed by atoms with Gasteiger partial charge < -0.3 is 26.0 Å². The van der Waals surface area contributed by atoms with Crippen molar-refractivity contribution in [3.8, 4) is 5.75 Å². The zero-order chi connectivity index (χ0) is 25.4. The van der Waals surface area contributed by atoms with Gasteiger partial charge in [-0.3, -0.25) is 15.2 Å². The monoisotopic (exact) mass is 470 g/mol. The Hall–Kier alpha value is -3.46. The number of likely N-dealkylation sites (N-methyl/N-ethyl adjacent to an activating group) is 1. The van der Waals surface area contributed by atoms with Gasteiger partial charge in [0, 0.05) is 36.8 Å². The van der Waals surface area contributed by atoms with Crippen molar-refractivity contribution in [3.63, 3.8) is 0 Å². The molecule has 0 aromatic heterocycles. The zero-order valence-corrected chi connectivity index (χ0v) is 20.7. The van der Waals surface area contributed by atoms with Gasteiger partial charge in [0.15, 0.2) is 11.6 Å². The molecule has 2 aromatic carbocycles. The maximum atomic E-state index is 15.8. The van der Waals surface area contributed by atoms with E-state index in [0.29, 0.717) is 29.8 Å². The normalized spacial score (nSPS) is 13.4. The van der Waals surface area contributed by atoms with E-state index < -0.39 is 11.9 Å². The van der Waals surface area contributed by atoms with Gasteiger partial charge in [-0.15, -0.1) is 0 Å². The predicted octanol–water partition coefficient (Wildman–Crippen LogP) is 3.32. The number of amidine groups is 2. The Balaban J connectivity index is 2.54. The summed E-state index contributed by atoms with van der Waals surface area (Å²) in [6.07, 6.45) is 0.672. The lowest BCUT2D eigenvalue weighted by atomic mass is 9.99. The van der Waals surface area contributed by atoms with Crippen LogP contribution >= 0.6 is 0 Å². The molecular weight excluding hydrogens is 435 g/mol. The van der Waals surface area contributed by atoms with Crippen molar-refractivity contribution in [1.29, 1.82) is 5.41 Å². The van der Waals surface area contributed by atoms with Gasteiger partial charge in [0.2, 0.25) is 5.91 Å². The third-order valence-corrected chi connectivity index (χ3v) is 5.53. The maximum absolute atomic E-state index is 15.8. The topological polar surface area (TPSA) is 116 Å². The molecule has 1 amide bonds. The molecule has 0 aliphatic rings. The highest BCUT2D eigenvalue weighted by Gasteiger charge is 2.26. The highest BCUT2D eigenvalue weighted by molar-refractivity contribution is 6.02. The van der Waals surface area contributed by atoms with Crippen LogP contribution in [0.1, 0.15) is 43.5 Å². The lowest BCUT2D eigenvalue weighted by molar-refractivity contribution is -0.117. The average molecular weight is 471 g/mol. The highest BCUT2D eigenvalue weighted by atomic mass is 19.1. The van der Waals surface area contributed by atoms with Crippen LogP contribution in [0, 0.1) is 11.2 Å². The van der Waals surface area contributed by atoms with E-state index in [0.717, 1.165) is 5.56 Å². The first-order valence-electron chi connectivity index (χ1n) is 11.1. The van der Waals surface area contributed by atoms with Gasteiger partial charge in [-0.1, -0.05) is 13.0 Å². The number of aliphatic imine (C=N–C) groups is 1. The standard InChI is InChI=1S/C25H35FN6O2/c1-7-17-12-20(22(26)21(13-17)34-14-15(2)32(5)6)23(25(29-4)30-16(3)33)31-19-10-8-18(9-11-19)24(27)28/h8-13,15,23,31H,7,14H2,1-6H3,(H3,27,28)(H,29,30,33). The van der Waals surface area contributed by atoms with Crippen molar-refractivity contribution in [2.75, 3.05) is 33.1 Å². The van der Waals surface area contributed by atoms with Crippen molar-refractivity contribution in [2.24, 2.45) is 10.7 Å². The van der Waals surface area contributed by atoms with Crippen molar-refractivity contribution in [1.82, 2.24) is 10.2 Å². The minimum absolute atomic E-state index is 0.0485. The number of hydrogen-bond donors (Lipinski definition) is 4. The number of ether oxygens (including phenoxy) is 1. The fourth-order valence-electron chi connectivity index (χ4n) is 3.20. The molecule has 0 radical (unpaired) electrons. The second-order valence-corrected chi connectivity index (χ2v) is 8.33. The Bertz CT molecular complexity index is 1040. The Morgan fingerprint density at radius 1 is 1.26 bits per heavy atom. The van der Waals surface area contributed by atoms with Crippen LogP contribution in [0.15, 0.2) is 41.4 Å². The van der Waals surface area contributed by atoms with Crippen molar-refractivity contribution in [3.05, 3.63) is 58.9 Å². The fraction of sp³-hybridized carbons (Fsp3) is 0.400. The van der Waals surface area contributed by atoms with Gasteiger partial charge >= 0.3 is 0 Å². The molecule has 0 heterocycles. The summed E-state index contributed by atoms with van der Waals surface area (Å²) in [6.45, 7) is 5.67. The number of nitrogens with two attached hydrogens (primary N) is 1. The first kappa shape index (κ1) is 26.8. The second-order valence-electron chi connectivity index (χ2n) is 8.33. The number of benzene rings is 2. The lowest BCUT2D eigenvalue weighted by Gasteiger charge is -2.25. The minimum Gasteiger partial charge on any atom is -0.489 e. The molecule has 2 unspecified atom stereocenters. The summed E-state index contributed by atoms with van der Waals surface area (Å²) in [5, 5.41) is 13.5. The number of rotatable bonds is 10. The fourth-order valence-corrected chi connectivity index (χ4v) is 3.20. The summed E-state index contributed by atoms with van der Waals surface area (Å²) >= 11 is 0. The largest absolute Gasteiger partial charge is 0.489 e. The number of anilines is 1. The van der Waals surface area contributed by atoms with Crippen molar-refractivity contribution >= 4 is 23.3 Å². The predicted molar refractivity (Wildman–Crippen MR) is 135 cm³/mol. The first-order chi connectivity index (χ1) is 16.1. The lowest BCUT2D eigenvalue weighted by Crippen LogP contribution is -2.37. The van der Waals surface area contributed by atoms with Crippen molar-refractivity contribution < 1.29 is 13.9 Å².